The standard InChI is InChI=1S/C11H13BrN2O4/c1-7(6-15)13(2)11(16)9-4-3-8(14(17)18)5-10(9)12/h3-5,7,15H,6H2,1-2H3. The highest BCUT2D eigenvalue weighted by Gasteiger charge is 2.20. The Balaban J connectivity index is 3.04. The number of amides is 1. The van der Waals surface area contributed by atoms with Gasteiger partial charge in [0.1, 0.15) is 0 Å². The summed E-state index contributed by atoms with van der Waals surface area (Å²) in [7, 11) is 1.57. The lowest BCUT2D eigenvalue weighted by molar-refractivity contribution is -0.384. The van der Waals surface area contributed by atoms with Crippen LogP contribution in [0.2, 0.25) is 0 Å². The van der Waals surface area contributed by atoms with Crippen LogP contribution in [0.1, 0.15) is 17.3 Å². The van der Waals surface area contributed by atoms with E-state index in [2.05, 4.69) is 15.9 Å². The number of aliphatic hydroxyl groups is 1. The fourth-order valence-electron chi connectivity index (χ4n) is 1.30. The molecule has 7 heteroatoms. The van der Waals surface area contributed by atoms with E-state index in [0.717, 1.165) is 0 Å². The van der Waals surface area contributed by atoms with Crippen molar-refractivity contribution in [2.24, 2.45) is 0 Å². The molecule has 98 valence electrons. The molecule has 1 aromatic rings. The van der Waals surface area contributed by atoms with Crippen molar-refractivity contribution in [2.75, 3.05) is 13.7 Å². The summed E-state index contributed by atoms with van der Waals surface area (Å²) in [6, 6.07) is 3.63. The summed E-state index contributed by atoms with van der Waals surface area (Å²) in [4.78, 5) is 23.5. The van der Waals surface area contributed by atoms with E-state index < -0.39 is 4.92 Å². The van der Waals surface area contributed by atoms with Crippen LogP contribution in [0.25, 0.3) is 0 Å². The maximum Gasteiger partial charge on any atom is 0.270 e. The third-order valence-corrected chi connectivity index (χ3v) is 3.30. The largest absolute Gasteiger partial charge is 0.394 e. The number of hydrogen-bond donors (Lipinski definition) is 1. The first kappa shape index (κ1) is 14.6. The van der Waals surface area contributed by atoms with Crippen molar-refractivity contribution in [3.63, 3.8) is 0 Å². The molecule has 0 spiro atoms. The van der Waals surface area contributed by atoms with Gasteiger partial charge in [0.25, 0.3) is 11.6 Å². The van der Waals surface area contributed by atoms with E-state index in [1.54, 1.807) is 14.0 Å². The molecule has 0 bridgehead atoms. The van der Waals surface area contributed by atoms with Gasteiger partial charge in [0.05, 0.1) is 23.1 Å². The van der Waals surface area contributed by atoms with E-state index in [1.807, 2.05) is 0 Å². The third-order valence-electron chi connectivity index (χ3n) is 2.64. The van der Waals surface area contributed by atoms with E-state index in [-0.39, 0.29) is 24.2 Å². The lowest BCUT2D eigenvalue weighted by atomic mass is 10.1. The molecule has 1 N–H and O–H groups in total. The van der Waals surface area contributed by atoms with Gasteiger partial charge >= 0.3 is 0 Å². The maximum atomic E-state index is 12.1. The van der Waals surface area contributed by atoms with E-state index in [1.165, 1.54) is 23.1 Å². The number of halogens is 1. The Morgan fingerprint density at radius 3 is 2.67 bits per heavy atom. The molecule has 1 aromatic carbocycles. The first-order valence-electron chi connectivity index (χ1n) is 5.20. The Kier molecular flexibility index (Phi) is 4.80. The van der Waals surface area contributed by atoms with Crippen molar-refractivity contribution < 1.29 is 14.8 Å². The van der Waals surface area contributed by atoms with Gasteiger partial charge in [-0.05, 0) is 28.9 Å². The summed E-state index contributed by atoms with van der Waals surface area (Å²) >= 11 is 3.14. The fraction of sp³-hybridized carbons (Fsp3) is 0.364. The van der Waals surface area contributed by atoms with Crippen molar-refractivity contribution in [1.29, 1.82) is 0 Å². The van der Waals surface area contributed by atoms with Gasteiger partial charge in [-0.2, -0.15) is 0 Å². The number of nitrogens with zero attached hydrogens (tertiary/aromatic N) is 2. The van der Waals surface area contributed by atoms with Crippen molar-refractivity contribution in [3.05, 3.63) is 38.3 Å². The molecule has 0 saturated heterocycles. The summed E-state index contributed by atoms with van der Waals surface area (Å²) in [6.45, 7) is 1.56. The highest BCUT2D eigenvalue weighted by molar-refractivity contribution is 9.10. The minimum Gasteiger partial charge on any atom is -0.394 e. The summed E-state index contributed by atoms with van der Waals surface area (Å²) in [5, 5.41) is 19.6. The van der Waals surface area contributed by atoms with E-state index in [4.69, 9.17) is 5.11 Å². The first-order valence-corrected chi connectivity index (χ1v) is 5.99. The SMILES string of the molecule is CC(CO)N(C)C(=O)c1ccc([N+](=O)[O-])cc1Br. The normalized spacial score (nSPS) is 12.0. The number of nitro benzene ring substituents is 1. The van der Waals surface area contributed by atoms with Gasteiger partial charge in [-0.3, -0.25) is 14.9 Å². The predicted molar refractivity (Wildman–Crippen MR) is 69.4 cm³/mol. The lowest BCUT2D eigenvalue weighted by Gasteiger charge is -2.23. The second kappa shape index (κ2) is 5.92. The highest BCUT2D eigenvalue weighted by Crippen LogP contribution is 2.24. The molecule has 0 saturated carbocycles. The van der Waals surface area contributed by atoms with E-state index >= 15 is 0 Å². The van der Waals surface area contributed by atoms with Crippen LogP contribution in [0.4, 0.5) is 5.69 Å². The Bertz CT molecular complexity index is 478. The quantitative estimate of drug-likeness (QED) is 0.678. The molecule has 0 heterocycles. The van der Waals surface area contributed by atoms with Crippen molar-refractivity contribution in [1.82, 2.24) is 4.90 Å². The zero-order chi connectivity index (χ0) is 13.9. The van der Waals surface area contributed by atoms with Crippen LogP contribution in [0.5, 0.6) is 0 Å². The Morgan fingerprint density at radius 2 is 2.22 bits per heavy atom. The van der Waals surface area contributed by atoms with Crippen molar-refractivity contribution >= 4 is 27.5 Å². The second-order valence-electron chi connectivity index (χ2n) is 3.87. The molecule has 1 atom stereocenters. The first-order chi connectivity index (χ1) is 8.38. The molecule has 1 amide bonds. The molecule has 0 aliphatic rings. The number of nitro groups is 1. The van der Waals surface area contributed by atoms with Crippen LogP contribution in [-0.4, -0.2) is 40.5 Å². The summed E-state index contributed by atoms with van der Waals surface area (Å²) < 4.78 is 0.360. The molecule has 6 nitrogen and oxygen atoms in total. The number of hydrogen-bond acceptors (Lipinski definition) is 4. The molecule has 0 aliphatic heterocycles. The third kappa shape index (κ3) is 3.05. The number of benzene rings is 1. The highest BCUT2D eigenvalue weighted by atomic mass is 79.9. The minimum absolute atomic E-state index is 0.0868. The van der Waals surface area contributed by atoms with Crippen LogP contribution >= 0.6 is 15.9 Å². The predicted octanol–water partition coefficient (Wildman–Crippen LogP) is 1.81. The molecule has 0 aromatic heterocycles. The number of non-ortho nitro benzene ring substituents is 1. The average Bonchev–Trinajstić information content (AvgIpc) is 2.35. The molecule has 1 unspecified atom stereocenters. The van der Waals surface area contributed by atoms with E-state index in [0.29, 0.717) is 10.0 Å². The average molecular weight is 317 g/mol. The molecule has 0 radical (unpaired) electrons. The minimum atomic E-state index is -0.529. The fourth-order valence-corrected chi connectivity index (χ4v) is 1.84. The lowest BCUT2D eigenvalue weighted by Crippen LogP contribution is -2.37. The van der Waals surface area contributed by atoms with Gasteiger partial charge in [-0.1, -0.05) is 0 Å². The number of aliphatic hydroxyl groups excluding tert-OH is 1. The zero-order valence-electron chi connectivity index (χ0n) is 9.96. The molecular formula is C11H13BrN2O4. The van der Waals surface area contributed by atoms with Crippen LogP contribution in [-0.2, 0) is 0 Å². The number of carbonyl (C=O) groups excluding carboxylic acids is 1. The molecular weight excluding hydrogens is 304 g/mol. The molecule has 0 aliphatic carbocycles. The van der Waals surface area contributed by atoms with E-state index in [9.17, 15) is 14.9 Å². The van der Waals surface area contributed by atoms with Crippen LogP contribution in [0, 0.1) is 10.1 Å². The second-order valence-corrected chi connectivity index (χ2v) is 4.72. The van der Waals surface area contributed by atoms with Crippen LogP contribution < -0.4 is 0 Å². The van der Waals surface area contributed by atoms with Gasteiger partial charge in [0.15, 0.2) is 0 Å². The van der Waals surface area contributed by atoms with Gasteiger partial charge in [0, 0.05) is 23.7 Å². The molecule has 0 fully saturated rings. The van der Waals surface area contributed by atoms with Gasteiger partial charge in [0.2, 0.25) is 0 Å². The number of likely N-dealkylation sites (N-methyl/N-ethyl adjacent to an activating group) is 1. The Hall–Kier alpha value is -1.47. The number of carbonyl (C=O) groups is 1. The van der Waals surface area contributed by atoms with Gasteiger partial charge < -0.3 is 10.0 Å². The van der Waals surface area contributed by atoms with Crippen LogP contribution in [0.15, 0.2) is 22.7 Å². The number of rotatable bonds is 4. The van der Waals surface area contributed by atoms with Gasteiger partial charge in [-0.25, -0.2) is 0 Å². The molecule has 1 rings (SSSR count). The van der Waals surface area contributed by atoms with Crippen LogP contribution in [0.3, 0.4) is 0 Å². The van der Waals surface area contributed by atoms with Crippen molar-refractivity contribution in [3.8, 4) is 0 Å². The zero-order valence-corrected chi connectivity index (χ0v) is 11.5. The Labute approximate surface area is 112 Å². The topological polar surface area (TPSA) is 83.7 Å². The summed E-state index contributed by atoms with van der Waals surface area (Å²) in [5.74, 6) is -0.307. The monoisotopic (exact) mass is 316 g/mol. The van der Waals surface area contributed by atoms with Gasteiger partial charge in [-0.15, -0.1) is 0 Å². The summed E-state index contributed by atoms with van der Waals surface area (Å²) in [6.07, 6.45) is 0. The van der Waals surface area contributed by atoms with Crippen molar-refractivity contribution in [2.45, 2.75) is 13.0 Å². The molecule has 18 heavy (non-hydrogen) atoms. The smallest absolute Gasteiger partial charge is 0.270 e. The Morgan fingerprint density at radius 1 is 1.61 bits per heavy atom. The maximum absolute atomic E-state index is 12.1. The summed E-state index contributed by atoms with van der Waals surface area (Å²) in [5.41, 5.74) is 0.236.